The van der Waals surface area contributed by atoms with Gasteiger partial charge in [-0.1, -0.05) is 23.7 Å². The quantitative estimate of drug-likeness (QED) is 0.565. The second-order valence-corrected chi connectivity index (χ2v) is 9.76. The van der Waals surface area contributed by atoms with E-state index in [-0.39, 0.29) is 16.8 Å². The summed E-state index contributed by atoms with van der Waals surface area (Å²) in [6.07, 6.45) is 0. The Bertz CT molecular complexity index is 1260. The molecule has 1 heterocycles. The first-order chi connectivity index (χ1) is 14.5. The van der Waals surface area contributed by atoms with Crippen molar-refractivity contribution in [2.45, 2.75) is 24.8 Å². The first-order valence-corrected chi connectivity index (χ1v) is 11.5. The zero-order valence-corrected chi connectivity index (χ0v) is 19.2. The minimum Gasteiger partial charge on any atom is -0.468 e. The molecule has 1 atom stereocenters. The van der Waals surface area contributed by atoms with Gasteiger partial charge in [-0.25, -0.2) is 8.42 Å². The number of sulfone groups is 1. The van der Waals surface area contributed by atoms with Crippen molar-refractivity contribution >= 4 is 44.2 Å². The molecule has 0 unspecified atom stereocenters. The third-order valence-electron chi connectivity index (χ3n) is 5.11. The van der Waals surface area contributed by atoms with Crippen molar-refractivity contribution in [3.8, 4) is 0 Å². The number of methoxy groups -OCH3 is 1. The Morgan fingerprint density at radius 2 is 1.81 bits per heavy atom. The van der Waals surface area contributed by atoms with E-state index in [4.69, 9.17) is 11.6 Å². The fraction of sp³-hybridized carbons (Fsp3) is 0.273. The van der Waals surface area contributed by atoms with Crippen molar-refractivity contribution in [2.75, 3.05) is 12.9 Å². The number of halogens is 1. The molecule has 2 aromatic carbocycles. The first kappa shape index (κ1) is 22.8. The van der Waals surface area contributed by atoms with Gasteiger partial charge in [-0.15, -0.1) is 0 Å². The lowest BCUT2D eigenvalue weighted by Crippen LogP contribution is -2.28. The summed E-state index contributed by atoms with van der Waals surface area (Å²) in [7, 11) is -0.847. The van der Waals surface area contributed by atoms with Gasteiger partial charge in [-0.05, 0) is 55.3 Å². The molecule has 0 saturated heterocycles. The van der Waals surface area contributed by atoms with Crippen molar-refractivity contribution < 1.29 is 22.7 Å². The van der Waals surface area contributed by atoms with E-state index >= 15 is 0 Å². The molecule has 0 fully saturated rings. The maximum absolute atomic E-state index is 12.9. The van der Waals surface area contributed by atoms with E-state index < -0.39 is 21.6 Å². The van der Waals surface area contributed by atoms with Crippen molar-refractivity contribution in [3.63, 3.8) is 0 Å². The molecule has 7 nitrogen and oxygen atoms in total. The Labute approximate surface area is 185 Å². The number of aryl methyl sites for hydroxylation is 2. The number of esters is 1. The molecule has 0 aliphatic rings. The summed E-state index contributed by atoms with van der Waals surface area (Å²) in [5, 5.41) is 4.30. The van der Waals surface area contributed by atoms with Crippen LogP contribution in [0.1, 0.15) is 34.6 Å². The Balaban J connectivity index is 1.79. The van der Waals surface area contributed by atoms with Crippen LogP contribution in [0.2, 0.25) is 5.02 Å². The fourth-order valence-electron chi connectivity index (χ4n) is 3.35. The lowest BCUT2D eigenvalue weighted by atomic mass is 10.1. The average molecular weight is 463 g/mol. The molecule has 31 heavy (non-hydrogen) atoms. The Hall–Kier alpha value is -2.84. The normalized spacial score (nSPS) is 12.5. The van der Waals surface area contributed by atoms with E-state index in [2.05, 4.69) is 10.1 Å². The highest BCUT2D eigenvalue weighted by molar-refractivity contribution is 7.92. The highest BCUT2D eigenvalue weighted by Crippen LogP contribution is 2.28. The van der Waals surface area contributed by atoms with Gasteiger partial charge in [0.25, 0.3) is 5.91 Å². The zero-order chi connectivity index (χ0) is 22.9. The molecule has 1 N–H and O–H groups in total. The fourth-order valence-corrected chi connectivity index (χ4v) is 4.82. The maximum atomic E-state index is 12.9. The number of aromatic nitrogens is 1. The van der Waals surface area contributed by atoms with Crippen LogP contribution in [0.4, 0.5) is 0 Å². The molecule has 9 heteroatoms. The third-order valence-corrected chi connectivity index (χ3v) is 7.03. The largest absolute Gasteiger partial charge is 0.468 e. The second kappa shape index (κ2) is 8.72. The van der Waals surface area contributed by atoms with Crippen LogP contribution in [0, 0.1) is 6.92 Å². The van der Waals surface area contributed by atoms with Crippen molar-refractivity contribution in [3.05, 3.63) is 64.3 Å². The predicted molar refractivity (Wildman–Crippen MR) is 119 cm³/mol. The van der Waals surface area contributed by atoms with Gasteiger partial charge in [0.05, 0.1) is 28.6 Å². The van der Waals surface area contributed by atoms with Gasteiger partial charge in [-0.2, -0.15) is 0 Å². The standard InChI is InChI=1S/C22H23ClN2O5S/c1-13-9-18(23)17-11-20(25(3)19(17)10-13)22(27)24-14(2)15-5-7-16(8-6-15)31(28,29)12-21(26)30-4/h5-11,14H,12H2,1-4H3,(H,24,27)/t14-/m1/s1. The Morgan fingerprint density at radius 1 is 1.16 bits per heavy atom. The third kappa shape index (κ3) is 4.75. The lowest BCUT2D eigenvalue weighted by molar-refractivity contribution is -0.137. The summed E-state index contributed by atoms with van der Waals surface area (Å²) in [6, 6.07) is 11.2. The highest BCUT2D eigenvalue weighted by Gasteiger charge is 2.21. The van der Waals surface area contributed by atoms with Crippen LogP contribution >= 0.6 is 11.6 Å². The number of carbonyl (C=O) groups excluding carboxylic acids is 2. The minimum absolute atomic E-state index is 0.0128. The highest BCUT2D eigenvalue weighted by atomic mass is 35.5. The molecule has 3 rings (SSSR count). The number of benzene rings is 2. The van der Waals surface area contributed by atoms with Gasteiger partial charge in [0.2, 0.25) is 0 Å². The van der Waals surface area contributed by atoms with Gasteiger partial charge < -0.3 is 14.6 Å². The number of amides is 1. The van der Waals surface area contributed by atoms with Crippen LogP contribution in [0.15, 0.2) is 47.4 Å². The summed E-state index contributed by atoms with van der Waals surface area (Å²) in [6.45, 7) is 3.74. The Morgan fingerprint density at radius 3 is 2.42 bits per heavy atom. The minimum atomic E-state index is -3.79. The number of hydrogen-bond acceptors (Lipinski definition) is 5. The number of fused-ring (bicyclic) bond motifs is 1. The number of nitrogens with one attached hydrogen (secondary N) is 1. The van der Waals surface area contributed by atoms with Crippen LogP contribution in [0.3, 0.4) is 0 Å². The molecule has 1 aromatic heterocycles. The molecular weight excluding hydrogens is 440 g/mol. The van der Waals surface area contributed by atoms with E-state index in [1.807, 2.05) is 19.1 Å². The van der Waals surface area contributed by atoms with Gasteiger partial charge in [0.1, 0.15) is 5.69 Å². The molecule has 0 aliphatic carbocycles. The maximum Gasteiger partial charge on any atom is 0.321 e. The number of hydrogen-bond donors (Lipinski definition) is 1. The first-order valence-electron chi connectivity index (χ1n) is 9.49. The van der Waals surface area contributed by atoms with Crippen molar-refractivity contribution in [1.29, 1.82) is 0 Å². The average Bonchev–Trinajstić information content (AvgIpc) is 3.04. The summed E-state index contributed by atoms with van der Waals surface area (Å²) in [4.78, 5) is 24.2. The van der Waals surface area contributed by atoms with E-state index in [1.165, 1.54) is 12.1 Å². The number of ether oxygens (including phenoxy) is 1. The van der Waals surface area contributed by atoms with E-state index in [9.17, 15) is 18.0 Å². The topological polar surface area (TPSA) is 94.5 Å². The second-order valence-electron chi connectivity index (χ2n) is 7.37. The van der Waals surface area contributed by atoms with Crippen molar-refractivity contribution in [2.24, 2.45) is 7.05 Å². The summed E-state index contributed by atoms with van der Waals surface area (Å²) in [5.41, 5.74) is 3.05. The van der Waals surface area contributed by atoms with Gasteiger partial charge in [-0.3, -0.25) is 9.59 Å². The number of rotatable bonds is 6. The van der Waals surface area contributed by atoms with Crippen LogP contribution in [0.25, 0.3) is 10.9 Å². The van der Waals surface area contributed by atoms with Crippen LogP contribution in [-0.2, 0) is 26.4 Å². The number of carbonyl (C=O) groups is 2. The van der Waals surface area contributed by atoms with Gasteiger partial charge in [0, 0.05) is 12.4 Å². The lowest BCUT2D eigenvalue weighted by Gasteiger charge is -2.15. The van der Waals surface area contributed by atoms with Crippen LogP contribution < -0.4 is 5.32 Å². The molecule has 0 saturated carbocycles. The number of nitrogens with zero attached hydrogens (tertiary/aromatic N) is 1. The molecule has 1 amide bonds. The van der Waals surface area contributed by atoms with Crippen molar-refractivity contribution in [1.82, 2.24) is 9.88 Å². The molecule has 0 aliphatic heterocycles. The van der Waals surface area contributed by atoms with E-state index in [0.29, 0.717) is 10.7 Å². The van der Waals surface area contributed by atoms with Crippen LogP contribution in [-0.4, -0.2) is 37.7 Å². The predicted octanol–water partition coefficient (Wildman–Crippen LogP) is 3.58. The molecule has 0 spiro atoms. The SMILES string of the molecule is COC(=O)CS(=O)(=O)c1ccc([C@@H](C)NC(=O)c2cc3c(Cl)cc(C)cc3n2C)cc1. The summed E-state index contributed by atoms with van der Waals surface area (Å²) < 4.78 is 30.7. The molecule has 0 bridgehead atoms. The summed E-state index contributed by atoms with van der Waals surface area (Å²) in [5.74, 6) is -1.82. The molecule has 164 valence electrons. The van der Waals surface area contributed by atoms with Crippen LogP contribution in [0.5, 0.6) is 0 Å². The Kier molecular flexibility index (Phi) is 6.43. The van der Waals surface area contributed by atoms with E-state index in [1.54, 1.807) is 36.7 Å². The molecule has 3 aromatic rings. The smallest absolute Gasteiger partial charge is 0.321 e. The van der Waals surface area contributed by atoms with Gasteiger partial charge in [0.15, 0.2) is 15.6 Å². The molecular formula is C22H23ClN2O5S. The van der Waals surface area contributed by atoms with E-state index in [0.717, 1.165) is 29.1 Å². The molecule has 0 radical (unpaired) electrons. The summed E-state index contributed by atoms with van der Waals surface area (Å²) >= 11 is 6.32. The zero-order valence-electron chi connectivity index (χ0n) is 17.6. The van der Waals surface area contributed by atoms with Gasteiger partial charge >= 0.3 is 5.97 Å². The monoisotopic (exact) mass is 462 g/mol.